The molecule has 1 aromatic carbocycles. The van der Waals surface area contributed by atoms with E-state index >= 15 is 0 Å². The zero-order chi connectivity index (χ0) is 15.2. The maximum atomic E-state index is 12.4. The highest BCUT2D eigenvalue weighted by molar-refractivity contribution is 5.99. The van der Waals surface area contributed by atoms with Crippen LogP contribution in [-0.2, 0) is 0 Å². The van der Waals surface area contributed by atoms with E-state index in [0.29, 0.717) is 18.0 Å². The van der Waals surface area contributed by atoms with Gasteiger partial charge in [0.15, 0.2) is 0 Å². The van der Waals surface area contributed by atoms with E-state index in [-0.39, 0.29) is 18.1 Å². The monoisotopic (exact) mass is 290 g/mol. The molecule has 1 aromatic rings. The summed E-state index contributed by atoms with van der Waals surface area (Å²) in [7, 11) is 0. The lowest BCUT2D eigenvalue weighted by Gasteiger charge is -2.26. The van der Waals surface area contributed by atoms with Gasteiger partial charge in [-0.25, -0.2) is 0 Å². The molecule has 1 saturated carbocycles. The Morgan fingerprint density at radius 2 is 2.10 bits per heavy atom. The van der Waals surface area contributed by atoms with Crippen molar-refractivity contribution in [3.63, 3.8) is 0 Å². The van der Waals surface area contributed by atoms with Crippen LogP contribution >= 0.6 is 0 Å². The maximum absolute atomic E-state index is 12.4. The van der Waals surface area contributed by atoms with Crippen molar-refractivity contribution in [1.82, 2.24) is 5.32 Å². The Morgan fingerprint density at radius 1 is 1.33 bits per heavy atom. The molecule has 0 radical (unpaired) electrons. The van der Waals surface area contributed by atoms with Crippen LogP contribution in [-0.4, -0.2) is 29.7 Å². The number of carbonyl (C=O) groups excluding carboxylic acids is 1. The summed E-state index contributed by atoms with van der Waals surface area (Å²) in [5.41, 5.74) is 1.55. The zero-order valence-corrected chi connectivity index (χ0v) is 12.9. The Kier molecular flexibility index (Phi) is 5.62. The zero-order valence-electron chi connectivity index (χ0n) is 12.9. The van der Waals surface area contributed by atoms with Gasteiger partial charge in [-0.3, -0.25) is 4.79 Å². The topological polar surface area (TPSA) is 61.4 Å². The Bertz CT molecular complexity index is 474. The number of para-hydroxylation sites is 1. The quantitative estimate of drug-likeness (QED) is 0.781. The van der Waals surface area contributed by atoms with Gasteiger partial charge in [-0.1, -0.05) is 18.6 Å². The molecule has 1 fully saturated rings. The van der Waals surface area contributed by atoms with Crippen molar-refractivity contribution in [2.75, 3.05) is 11.9 Å². The van der Waals surface area contributed by atoms with Crippen LogP contribution in [0.15, 0.2) is 24.3 Å². The van der Waals surface area contributed by atoms with Crippen molar-refractivity contribution < 1.29 is 9.90 Å². The third-order valence-corrected chi connectivity index (χ3v) is 3.92. The molecule has 21 heavy (non-hydrogen) atoms. The molecule has 0 heterocycles. The van der Waals surface area contributed by atoms with E-state index < -0.39 is 0 Å². The Morgan fingerprint density at radius 3 is 2.81 bits per heavy atom. The first-order chi connectivity index (χ1) is 10.1. The van der Waals surface area contributed by atoms with Gasteiger partial charge in [0.25, 0.3) is 5.91 Å². The Balaban J connectivity index is 1.94. The van der Waals surface area contributed by atoms with Crippen molar-refractivity contribution >= 4 is 11.6 Å². The minimum Gasteiger partial charge on any atom is -0.393 e. The van der Waals surface area contributed by atoms with Crippen molar-refractivity contribution in [2.45, 2.75) is 51.7 Å². The summed E-state index contributed by atoms with van der Waals surface area (Å²) >= 11 is 0. The molecule has 0 saturated heterocycles. The van der Waals surface area contributed by atoms with Gasteiger partial charge in [0.2, 0.25) is 0 Å². The summed E-state index contributed by atoms with van der Waals surface area (Å²) in [4.78, 5) is 12.4. The van der Waals surface area contributed by atoms with Gasteiger partial charge < -0.3 is 15.7 Å². The van der Waals surface area contributed by atoms with Gasteiger partial charge in [-0.2, -0.15) is 0 Å². The summed E-state index contributed by atoms with van der Waals surface area (Å²) in [6.07, 6.45) is 3.63. The van der Waals surface area contributed by atoms with Gasteiger partial charge in [0.05, 0.1) is 11.7 Å². The minimum absolute atomic E-state index is 0.0428. The highest BCUT2D eigenvalue weighted by atomic mass is 16.3. The number of amides is 1. The summed E-state index contributed by atoms with van der Waals surface area (Å²) in [5.74, 6) is 0.349. The normalized spacial score (nSPS) is 22.1. The largest absolute Gasteiger partial charge is 0.393 e. The van der Waals surface area contributed by atoms with Crippen molar-refractivity contribution in [3.8, 4) is 0 Å². The standard InChI is InChI=1S/C17H26N2O2/c1-12(2)19-16-9-4-3-8-15(16)17(21)18-11-13-6-5-7-14(20)10-13/h3-4,8-9,12-14,19-20H,5-7,10-11H2,1-2H3,(H,18,21). The average Bonchev–Trinajstić information content (AvgIpc) is 2.45. The first kappa shape index (κ1) is 15.8. The lowest BCUT2D eigenvalue weighted by Crippen LogP contribution is -2.33. The first-order valence-electron chi connectivity index (χ1n) is 7.88. The molecule has 4 nitrogen and oxygen atoms in total. The van der Waals surface area contributed by atoms with Crippen LogP contribution in [0.3, 0.4) is 0 Å². The van der Waals surface area contributed by atoms with Gasteiger partial charge in [0, 0.05) is 18.3 Å². The predicted molar refractivity (Wildman–Crippen MR) is 85.5 cm³/mol. The summed E-state index contributed by atoms with van der Waals surface area (Å²) in [6, 6.07) is 7.87. The highest BCUT2D eigenvalue weighted by Crippen LogP contribution is 2.24. The molecule has 4 heteroatoms. The van der Waals surface area contributed by atoms with E-state index in [1.54, 1.807) is 0 Å². The van der Waals surface area contributed by atoms with E-state index in [2.05, 4.69) is 24.5 Å². The van der Waals surface area contributed by atoms with Crippen LogP contribution in [0, 0.1) is 5.92 Å². The molecule has 2 atom stereocenters. The van der Waals surface area contributed by atoms with Crippen LogP contribution in [0.1, 0.15) is 49.9 Å². The number of hydrogen-bond acceptors (Lipinski definition) is 3. The SMILES string of the molecule is CC(C)Nc1ccccc1C(=O)NCC1CCCC(O)C1. The van der Waals surface area contributed by atoms with Crippen LogP contribution in [0.2, 0.25) is 0 Å². The van der Waals surface area contributed by atoms with Crippen LogP contribution in [0.4, 0.5) is 5.69 Å². The molecular weight excluding hydrogens is 264 g/mol. The molecule has 1 aliphatic carbocycles. The van der Waals surface area contributed by atoms with E-state index in [1.807, 2.05) is 24.3 Å². The van der Waals surface area contributed by atoms with E-state index in [4.69, 9.17) is 0 Å². The number of aliphatic hydroxyl groups is 1. The minimum atomic E-state index is -0.199. The fourth-order valence-corrected chi connectivity index (χ4v) is 2.90. The summed E-state index contributed by atoms with van der Waals surface area (Å²) < 4.78 is 0. The summed E-state index contributed by atoms with van der Waals surface area (Å²) in [5, 5.41) is 16.0. The number of carbonyl (C=O) groups is 1. The van der Waals surface area contributed by atoms with Crippen molar-refractivity contribution in [1.29, 1.82) is 0 Å². The van der Waals surface area contributed by atoms with E-state index in [1.165, 1.54) is 0 Å². The molecule has 2 rings (SSSR count). The van der Waals surface area contributed by atoms with Gasteiger partial charge in [0.1, 0.15) is 0 Å². The predicted octanol–water partition coefficient (Wildman–Crippen LogP) is 2.79. The van der Waals surface area contributed by atoms with E-state index in [9.17, 15) is 9.90 Å². The number of rotatable bonds is 5. The number of nitrogens with one attached hydrogen (secondary N) is 2. The second-order valence-corrected chi connectivity index (χ2v) is 6.24. The van der Waals surface area contributed by atoms with E-state index in [0.717, 1.165) is 31.4 Å². The maximum Gasteiger partial charge on any atom is 0.253 e. The molecule has 0 aliphatic heterocycles. The number of aliphatic hydroxyl groups excluding tert-OH is 1. The highest BCUT2D eigenvalue weighted by Gasteiger charge is 2.21. The lowest BCUT2D eigenvalue weighted by molar-refractivity contribution is 0.0874. The Labute approximate surface area is 126 Å². The second kappa shape index (κ2) is 7.46. The first-order valence-corrected chi connectivity index (χ1v) is 7.88. The number of benzene rings is 1. The molecular formula is C17H26N2O2. The smallest absolute Gasteiger partial charge is 0.253 e. The van der Waals surface area contributed by atoms with Crippen molar-refractivity contribution in [2.24, 2.45) is 5.92 Å². The molecule has 1 amide bonds. The molecule has 0 bridgehead atoms. The molecule has 2 unspecified atom stereocenters. The van der Waals surface area contributed by atoms with Crippen LogP contribution in [0.25, 0.3) is 0 Å². The lowest BCUT2D eigenvalue weighted by atomic mass is 9.87. The fraction of sp³-hybridized carbons (Fsp3) is 0.588. The van der Waals surface area contributed by atoms with Gasteiger partial charge in [-0.05, 0) is 51.2 Å². The second-order valence-electron chi connectivity index (χ2n) is 6.24. The molecule has 116 valence electrons. The molecule has 3 N–H and O–H groups in total. The van der Waals surface area contributed by atoms with Crippen LogP contribution in [0.5, 0.6) is 0 Å². The number of anilines is 1. The third-order valence-electron chi connectivity index (χ3n) is 3.92. The third kappa shape index (κ3) is 4.74. The van der Waals surface area contributed by atoms with Crippen molar-refractivity contribution in [3.05, 3.63) is 29.8 Å². The van der Waals surface area contributed by atoms with Gasteiger partial charge >= 0.3 is 0 Å². The average molecular weight is 290 g/mol. The fourth-order valence-electron chi connectivity index (χ4n) is 2.90. The van der Waals surface area contributed by atoms with Crippen LogP contribution < -0.4 is 10.6 Å². The molecule has 0 spiro atoms. The summed E-state index contributed by atoms with van der Waals surface area (Å²) in [6.45, 7) is 4.75. The van der Waals surface area contributed by atoms with Gasteiger partial charge in [-0.15, -0.1) is 0 Å². The Hall–Kier alpha value is -1.55. The molecule has 1 aliphatic rings. The number of hydrogen-bond donors (Lipinski definition) is 3. The molecule has 0 aromatic heterocycles.